The number of rotatable bonds is 7. The molecular weight excluding hydrogens is 230 g/mol. The monoisotopic (exact) mass is 247 g/mol. The third kappa shape index (κ3) is 5.32. The molecule has 5 heteroatoms. The van der Waals surface area contributed by atoms with E-state index in [1.54, 1.807) is 0 Å². The summed E-state index contributed by atoms with van der Waals surface area (Å²) in [4.78, 5) is 10.7. The first-order valence-electron chi connectivity index (χ1n) is 5.72. The van der Waals surface area contributed by atoms with Gasteiger partial charge in [0, 0.05) is 19.0 Å². The van der Waals surface area contributed by atoms with Crippen molar-refractivity contribution in [1.29, 1.82) is 5.26 Å². The van der Waals surface area contributed by atoms with Crippen molar-refractivity contribution in [3.8, 4) is 11.8 Å². The predicted molar refractivity (Wildman–Crippen MR) is 67.7 cm³/mol. The second-order valence-electron chi connectivity index (χ2n) is 4.04. The minimum absolute atomic E-state index is 0.0489. The molecule has 1 aromatic rings. The van der Waals surface area contributed by atoms with Crippen molar-refractivity contribution in [1.82, 2.24) is 5.32 Å². The van der Waals surface area contributed by atoms with Crippen LogP contribution in [0, 0.1) is 11.3 Å². The number of nitriles is 1. The van der Waals surface area contributed by atoms with Gasteiger partial charge in [-0.2, -0.15) is 5.26 Å². The van der Waals surface area contributed by atoms with Gasteiger partial charge in [0.15, 0.2) is 6.61 Å². The average molecular weight is 247 g/mol. The predicted octanol–water partition coefficient (Wildman–Crippen LogP) is 0.942. The Labute approximate surface area is 107 Å². The number of ether oxygens (including phenoxy) is 1. The number of primary amides is 1. The number of nitrogens with one attached hydrogen (secondary N) is 1. The lowest BCUT2D eigenvalue weighted by Gasteiger charge is -2.12. The summed E-state index contributed by atoms with van der Waals surface area (Å²) in [6.45, 7) is 2.62. The molecule has 5 nitrogen and oxygen atoms in total. The van der Waals surface area contributed by atoms with Crippen molar-refractivity contribution in [2.24, 2.45) is 5.73 Å². The Morgan fingerprint density at radius 2 is 2.17 bits per heavy atom. The van der Waals surface area contributed by atoms with Crippen LogP contribution in [0.1, 0.15) is 18.9 Å². The SMILES string of the molecule is CC(CC(N)=O)NCc1ccc(OCC#N)cc1. The van der Waals surface area contributed by atoms with Gasteiger partial charge in [0.1, 0.15) is 11.8 Å². The molecular formula is C13H17N3O2. The third-order valence-corrected chi connectivity index (χ3v) is 2.39. The van der Waals surface area contributed by atoms with Crippen LogP contribution >= 0.6 is 0 Å². The van der Waals surface area contributed by atoms with Gasteiger partial charge in [-0.15, -0.1) is 0 Å². The zero-order valence-corrected chi connectivity index (χ0v) is 10.3. The first-order valence-corrected chi connectivity index (χ1v) is 5.72. The summed E-state index contributed by atoms with van der Waals surface area (Å²) in [7, 11) is 0. The van der Waals surface area contributed by atoms with Gasteiger partial charge in [-0.25, -0.2) is 0 Å². The molecule has 1 amide bonds. The normalized spacial score (nSPS) is 11.6. The van der Waals surface area contributed by atoms with Crippen LogP contribution < -0.4 is 15.8 Å². The molecule has 0 saturated heterocycles. The number of benzene rings is 1. The van der Waals surface area contributed by atoms with Crippen LogP contribution in [0.3, 0.4) is 0 Å². The van der Waals surface area contributed by atoms with Gasteiger partial charge < -0.3 is 15.8 Å². The Kier molecular flexibility index (Phi) is 5.68. The molecule has 0 aliphatic heterocycles. The van der Waals surface area contributed by atoms with Gasteiger partial charge in [0.2, 0.25) is 5.91 Å². The van der Waals surface area contributed by atoms with E-state index in [0.29, 0.717) is 18.7 Å². The zero-order valence-electron chi connectivity index (χ0n) is 10.3. The van der Waals surface area contributed by atoms with Gasteiger partial charge in [-0.1, -0.05) is 12.1 Å². The molecule has 18 heavy (non-hydrogen) atoms. The van der Waals surface area contributed by atoms with Crippen molar-refractivity contribution < 1.29 is 9.53 Å². The lowest BCUT2D eigenvalue weighted by Crippen LogP contribution is -2.30. The van der Waals surface area contributed by atoms with Gasteiger partial charge in [0.25, 0.3) is 0 Å². The Bertz CT molecular complexity index is 423. The topological polar surface area (TPSA) is 88.1 Å². The number of carbonyl (C=O) groups excluding carboxylic acids is 1. The second kappa shape index (κ2) is 7.30. The maximum absolute atomic E-state index is 10.7. The van der Waals surface area contributed by atoms with Crippen LogP contribution in [0.2, 0.25) is 0 Å². The fraction of sp³-hybridized carbons (Fsp3) is 0.385. The fourth-order valence-corrected chi connectivity index (χ4v) is 1.49. The lowest BCUT2D eigenvalue weighted by molar-refractivity contribution is -0.118. The van der Waals surface area contributed by atoms with Crippen molar-refractivity contribution in [3.05, 3.63) is 29.8 Å². The molecule has 0 spiro atoms. The van der Waals surface area contributed by atoms with E-state index in [4.69, 9.17) is 15.7 Å². The average Bonchev–Trinajstić information content (AvgIpc) is 2.34. The molecule has 0 saturated carbocycles. The maximum Gasteiger partial charge on any atom is 0.218 e. The highest BCUT2D eigenvalue weighted by Crippen LogP contribution is 2.12. The third-order valence-electron chi connectivity index (χ3n) is 2.39. The minimum Gasteiger partial charge on any atom is -0.479 e. The summed E-state index contributed by atoms with van der Waals surface area (Å²) in [6.07, 6.45) is 0.323. The minimum atomic E-state index is -0.310. The number of carbonyl (C=O) groups is 1. The summed E-state index contributed by atoms with van der Waals surface area (Å²) < 4.78 is 5.15. The molecule has 0 radical (unpaired) electrons. The first kappa shape index (κ1) is 14.0. The van der Waals surface area contributed by atoms with Crippen molar-refractivity contribution >= 4 is 5.91 Å². The fourth-order valence-electron chi connectivity index (χ4n) is 1.49. The van der Waals surface area contributed by atoms with Gasteiger partial charge in [-0.05, 0) is 24.6 Å². The van der Waals surface area contributed by atoms with Crippen molar-refractivity contribution in [2.75, 3.05) is 6.61 Å². The van der Waals surface area contributed by atoms with E-state index in [1.165, 1.54) is 0 Å². The van der Waals surface area contributed by atoms with Crippen molar-refractivity contribution in [3.63, 3.8) is 0 Å². The highest BCUT2D eigenvalue weighted by Gasteiger charge is 2.05. The maximum atomic E-state index is 10.7. The van der Waals surface area contributed by atoms with E-state index in [0.717, 1.165) is 5.56 Å². The van der Waals surface area contributed by atoms with Crippen LogP contribution in [-0.2, 0) is 11.3 Å². The number of nitrogens with zero attached hydrogens (tertiary/aromatic N) is 1. The molecule has 96 valence electrons. The highest BCUT2D eigenvalue weighted by atomic mass is 16.5. The second-order valence-corrected chi connectivity index (χ2v) is 4.04. The number of amides is 1. The molecule has 0 fully saturated rings. The molecule has 1 unspecified atom stereocenters. The number of nitrogens with two attached hydrogens (primary N) is 1. The Balaban J connectivity index is 2.39. The zero-order chi connectivity index (χ0) is 13.4. The molecule has 0 heterocycles. The van der Waals surface area contributed by atoms with Gasteiger partial charge in [-0.3, -0.25) is 4.79 Å². The quantitative estimate of drug-likeness (QED) is 0.750. The van der Waals surface area contributed by atoms with Crippen LogP contribution in [0.4, 0.5) is 0 Å². The first-order chi connectivity index (χ1) is 8.61. The molecule has 0 aliphatic carbocycles. The van der Waals surface area contributed by atoms with E-state index in [-0.39, 0.29) is 18.6 Å². The molecule has 1 atom stereocenters. The molecule has 3 N–H and O–H groups in total. The summed E-state index contributed by atoms with van der Waals surface area (Å²) >= 11 is 0. The summed E-state index contributed by atoms with van der Waals surface area (Å²) in [5.41, 5.74) is 6.19. The van der Waals surface area contributed by atoms with Gasteiger partial charge >= 0.3 is 0 Å². The van der Waals surface area contributed by atoms with E-state index in [1.807, 2.05) is 37.3 Å². The Hall–Kier alpha value is -2.06. The standard InChI is InChI=1S/C13H17N3O2/c1-10(8-13(15)17)16-9-11-2-4-12(5-3-11)18-7-6-14/h2-5,10,16H,7-9H2,1H3,(H2,15,17). The molecule has 1 aromatic carbocycles. The summed E-state index contributed by atoms with van der Waals surface area (Å²) in [5, 5.41) is 11.6. The molecule has 0 bridgehead atoms. The van der Waals surface area contributed by atoms with E-state index >= 15 is 0 Å². The van der Waals surface area contributed by atoms with Gasteiger partial charge in [0.05, 0.1) is 0 Å². The Morgan fingerprint density at radius 3 is 2.72 bits per heavy atom. The van der Waals surface area contributed by atoms with E-state index in [9.17, 15) is 4.79 Å². The summed E-state index contributed by atoms with van der Waals surface area (Å²) in [6, 6.07) is 9.42. The Morgan fingerprint density at radius 1 is 1.50 bits per heavy atom. The van der Waals surface area contributed by atoms with E-state index < -0.39 is 0 Å². The smallest absolute Gasteiger partial charge is 0.218 e. The lowest BCUT2D eigenvalue weighted by atomic mass is 10.2. The van der Waals surface area contributed by atoms with Crippen LogP contribution in [0.15, 0.2) is 24.3 Å². The molecule has 0 aliphatic rings. The van der Waals surface area contributed by atoms with Crippen LogP contribution in [-0.4, -0.2) is 18.6 Å². The van der Waals surface area contributed by atoms with Crippen LogP contribution in [0.5, 0.6) is 5.75 Å². The molecule has 1 rings (SSSR count). The van der Waals surface area contributed by atoms with Crippen LogP contribution in [0.25, 0.3) is 0 Å². The largest absolute Gasteiger partial charge is 0.479 e. The molecule has 0 aromatic heterocycles. The number of hydrogen-bond donors (Lipinski definition) is 2. The van der Waals surface area contributed by atoms with E-state index in [2.05, 4.69) is 5.32 Å². The summed E-state index contributed by atoms with van der Waals surface area (Å²) in [5.74, 6) is 0.362. The van der Waals surface area contributed by atoms with Crippen molar-refractivity contribution in [2.45, 2.75) is 25.9 Å². The highest BCUT2D eigenvalue weighted by molar-refractivity contribution is 5.74. The number of hydrogen-bond acceptors (Lipinski definition) is 4.